The Labute approximate surface area is 165 Å². The lowest BCUT2D eigenvalue weighted by molar-refractivity contribution is -0.207. The Kier molecular flexibility index (Phi) is 5.22. The SMILES string of the molecule is CCCC(C)[C@H]1CCC2C3C(O)CC4C[C@@H](O)CC[C@]4(C)C3C[C@@H](O)[C@@]21C. The van der Waals surface area contributed by atoms with Crippen LogP contribution in [0.25, 0.3) is 0 Å². The number of fused-ring (bicyclic) bond motifs is 5. The molecule has 11 atom stereocenters. The summed E-state index contributed by atoms with van der Waals surface area (Å²) < 4.78 is 0. The van der Waals surface area contributed by atoms with E-state index in [1.54, 1.807) is 0 Å². The second-order valence-corrected chi connectivity index (χ2v) is 11.3. The van der Waals surface area contributed by atoms with E-state index in [9.17, 15) is 15.3 Å². The van der Waals surface area contributed by atoms with Gasteiger partial charge in [-0.15, -0.1) is 0 Å². The van der Waals surface area contributed by atoms with E-state index in [4.69, 9.17) is 0 Å². The molecule has 0 heterocycles. The second kappa shape index (κ2) is 6.99. The number of rotatable bonds is 3. The van der Waals surface area contributed by atoms with E-state index in [-0.39, 0.29) is 29.1 Å². The highest BCUT2D eigenvalue weighted by molar-refractivity contribution is 5.14. The maximum absolute atomic E-state index is 11.5. The highest BCUT2D eigenvalue weighted by Gasteiger charge is 2.65. The zero-order chi connectivity index (χ0) is 19.6. The van der Waals surface area contributed by atoms with Gasteiger partial charge in [0.2, 0.25) is 0 Å². The maximum atomic E-state index is 11.5. The van der Waals surface area contributed by atoms with E-state index in [0.29, 0.717) is 35.5 Å². The van der Waals surface area contributed by atoms with Crippen molar-refractivity contribution < 1.29 is 15.3 Å². The van der Waals surface area contributed by atoms with E-state index in [2.05, 4.69) is 27.7 Å². The van der Waals surface area contributed by atoms with E-state index in [1.165, 1.54) is 25.7 Å². The molecule has 0 aliphatic heterocycles. The molecule has 4 aliphatic carbocycles. The van der Waals surface area contributed by atoms with E-state index in [1.807, 2.05) is 0 Å². The molecule has 0 amide bonds. The lowest BCUT2D eigenvalue weighted by Crippen LogP contribution is -2.62. The standard InChI is InChI=1S/C24H42O3/c1-5-6-14(2)17-7-8-18-22-19(13-21(27)24(17,18)4)23(3)10-9-16(25)11-15(23)12-20(22)26/h14-22,25-27H,5-13H2,1-4H3/t14?,15?,16-,17+,18?,19?,20?,21+,22?,23-,24+/m0/s1. The number of hydrogen-bond donors (Lipinski definition) is 3. The van der Waals surface area contributed by atoms with Gasteiger partial charge < -0.3 is 15.3 Å². The Morgan fingerprint density at radius 3 is 2.41 bits per heavy atom. The predicted octanol–water partition coefficient (Wildman–Crippen LogP) is 4.38. The first-order valence-electron chi connectivity index (χ1n) is 11.8. The van der Waals surface area contributed by atoms with Crippen LogP contribution in [-0.4, -0.2) is 33.6 Å². The molecule has 4 fully saturated rings. The Morgan fingerprint density at radius 1 is 0.963 bits per heavy atom. The quantitative estimate of drug-likeness (QED) is 0.683. The molecule has 4 rings (SSSR count). The van der Waals surface area contributed by atoms with Gasteiger partial charge in [-0.25, -0.2) is 0 Å². The molecular weight excluding hydrogens is 336 g/mol. The van der Waals surface area contributed by atoms with Gasteiger partial charge in [0.05, 0.1) is 18.3 Å². The van der Waals surface area contributed by atoms with Gasteiger partial charge in [0.1, 0.15) is 0 Å². The van der Waals surface area contributed by atoms with Crippen LogP contribution in [0, 0.1) is 46.3 Å². The van der Waals surface area contributed by atoms with E-state index < -0.39 is 0 Å². The van der Waals surface area contributed by atoms with Gasteiger partial charge in [0.25, 0.3) is 0 Å². The fourth-order valence-corrected chi connectivity index (χ4v) is 8.79. The predicted molar refractivity (Wildman–Crippen MR) is 108 cm³/mol. The average Bonchev–Trinajstić information content (AvgIpc) is 2.96. The summed E-state index contributed by atoms with van der Waals surface area (Å²) in [5.74, 6) is 2.86. The Morgan fingerprint density at radius 2 is 1.70 bits per heavy atom. The number of hydrogen-bond acceptors (Lipinski definition) is 3. The molecular formula is C24H42O3. The van der Waals surface area contributed by atoms with Crippen molar-refractivity contribution >= 4 is 0 Å². The fraction of sp³-hybridized carbons (Fsp3) is 1.00. The molecule has 4 saturated carbocycles. The molecule has 0 bridgehead atoms. The fourth-order valence-electron chi connectivity index (χ4n) is 8.79. The van der Waals surface area contributed by atoms with Crippen molar-refractivity contribution in [2.45, 2.75) is 104 Å². The highest BCUT2D eigenvalue weighted by Crippen LogP contribution is 2.68. The van der Waals surface area contributed by atoms with Crippen LogP contribution < -0.4 is 0 Å². The molecule has 3 nitrogen and oxygen atoms in total. The third-order valence-electron chi connectivity index (χ3n) is 10.3. The Bertz CT molecular complexity index is 550. The van der Waals surface area contributed by atoms with Gasteiger partial charge in [-0.05, 0) is 91.3 Å². The lowest BCUT2D eigenvalue weighted by atomic mass is 9.43. The van der Waals surface area contributed by atoms with Gasteiger partial charge in [-0.2, -0.15) is 0 Å². The first kappa shape index (κ1) is 20.2. The van der Waals surface area contributed by atoms with Gasteiger partial charge in [-0.1, -0.05) is 40.5 Å². The normalized spacial score (nSPS) is 56.1. The molecule has 0 spiro atoms. The molecule has 0 aromatic heterocycles. The minimum Gasteiger partial charge on any atom is -0.393 e. The summed E-state index contributed by atoms with van der Waals surface area (Å²) in [7, 11) is 0. The van der Waals surface area contributed by atoms with Crippen molar-refractivity contribution in [3.63, 3.8) is 0 Å². The summed E-state index contributed by atoms with van der Waals surface area (Å²) in [6.07, 6.45) is 8.64. The lowest BCUT2D eigenvalue weighted by Gasteiger charge is -2.63. The van der Waals surface area contributed by atoms with Crippen molar-refractivity contribution in [3.05, 3.63) is 0 Å². The molecule has 0 aromatic rings. The molecule has 0 radical (unpaired) electrons. The largest absolute Gasteiger partial charge is 0.393 e. The van der Waals surface area contributed by atoms with Crippen LogP contribution in [0.1, 0.15) is 85.5 Å². The van der Waals surface area contributed by atoms with Crippen LogP contribution in [0.4, 0.5) is 0 Å². The molecule has 4 aliphatic rings. The summed E-state index contributed by atoms with van der Waals surface area (Å²) in [6, 6.07) is 0. The van der Waals surface area contributed by atoms with E-state index >= 15 is 0 Å². The van der Waals surface area contributed by atoms with Gasteiger partial charge >= 0.3 is 0 Å². The monoisotopic (exact) mass is 378 g/mol. The summed E-state index contributed by atoms with van der Waals surface area (Å²) >= 11 is 0. The highest BCUT2D eigenvalue weighted by atomic mass is 16.3. The third-order valence-corrected chi connectivity index (χ3v) is 10.3. The molecule has 0 aromatic carbocycles. The number of aliphatic hydroxyl groups is 3. The third kappa shape index (κ3) is 2.86. The number of aliphatic hydroxyl groups excluding tert-OH is 3. The minimum absolute atomic E-state index is 0.0336. The second-order valence-electron chi connectivity index (χ2n) is 11.3. The van der Waals surface area contributed by atoms with Crippen molar-refractivity contribution in [2.24, 2.45) is 46.3 Å². The van der Waals surface area contributed by atoms with Crippen molar-refractivity contribution in [3.8, 4) is 0 Å². The van der Waals surface area contributed by atoms with Crippen molar-refractivity contribution in [2.75, 3.05) is 0 Å². The van der Waals surface area contributed by atoms with Gasteiger partial charge in [0.15, 0.2) is 0 Å². The molecule has 27 heavy (non-hydrogen) atoms. The summed E-state index contributed by atoms with van der Waals surface area (Å²) in [4.78, 5) is 0. The van der Waals surface area contributed by atoms with Gasteiger partial charge in [-0.3, -0.25) is 0 Å². The Balaban J connectivity index is 1.66. The minimum atomic E-state index is -0.254. The summed E-state index contributed by atoms with van der Waals surface area (Å²) in [5.41, 5.74) is 0.146. The van der Waals surface area contributed by atoms with Crippen LogP contribution >= 0.6 is 0 Å². The van der Waals surface area contributed by atoms with Crippen LogP contribution in [-0.2, 0) is 0 Å². The Hall–Kier alpha value is -0.120. The zero-order valence-electron chi connectivity index (χ0n) is 17.9. The van der Waals surface area contributed by atoms with Crippen LogP contribution in [0.2, 0.25) is 0 Å². The smallest absolute Gasteiger partial charge is 0.0602 e. The summed E-state index contributed by atoms with van der Waals surface area (Å²) in [6.45, 7) is 9.42. The first-order chi connectivity index (χ1) is 12.7. The van der Waals surface area contributed by atoms with Crippen molar-refractivity contribution in [1.29, 1.82) is 0 Å². The van der Waals surface area contributed by atoms with Gasteiger partial charge in [0, 0.05) is 0 Å². The van der Waals surface area contributed by atoms with E-state index in [0.717, 1.165) is 32.1 Å². The maximum Gasteiger partial charge on any atom is 0.0602 e. The van der Waals surface area contributed by atoms with Crippen LogP contribution in [0.15, 0.2) is 0 Å². The summed E-state index contributed by atoms with van der Waals surface area (Å²) in [5, 5.41) is 32.9. The van der Waals surface area contributed by atoms with Crippen LogP contribution in [0.3, 0.4) is 0 Å². The molecule has 156 valence electrons. The molecule has 6 unspecified atom stereocenters. The zero-order valence-corrected chi connectivity index (χ0v) is 17.9. The topological polar surface area (TPSA) is 60.7 Å². The molecule has 3 heteroatoms. The van der Waals surface area contributed by atoms with Crippen LogP contribution in [0.5, 0.6) is 0 Å². The molecule has 3 N–H and O–H groups in total. The first-order valence-corrected chi connectivity index (χ1v) is 11.8. The molecule has 0 saturated heterocycles. The van der Waals surface area contributed by atoms with Crippen molar-refractivity contribution in [1.82, 2.24) is 0 Å². The average molecular weight is 379 g/mol.